The second-order valence-corrected chi connectivity index (χ2v) is 4.60. The van der Waals surface area contributed by atoms with Gasteiger partial charge in [-0.05, 0) is 19.3 Å². The molecule has 19 heavy (non-hydrogen) atoms. The highest BCUT2D eigenvalue weighted by atomic mass is 16.5. The van der Waals surface area contributed by atoms with E-state index in [4.69, 9.17) is 14.6 Å². The van der Waals surface area contributed by atoms with E-state index in [0.29, 0.717) is 0 Å². The fraction of sp³-hybridized carbons (Fsp3) is 0.833. The van der Waals surface area contributed by atoms with Gasteiger partial charge in [-0.25, -0.2) is 9.59 Å². The zero-order valence-electron chi connectivity index (χ0n) is 11.3. The van der Waals surface area contributed by atoms with Crippen LogP contribution < -0.4 is 10.6 Å². The third-order valence-electron chi connectivity index (χ3n) is 3.29. The predicted molar refractivity (Wildman–Crippen MR) is 68.0 cm³/mol. The topological polar surface area (TPSA) is 96.9 Å². The van der Waals surface area contributed by atoms with E-state index in [1.165, 1.54) is 7.11 Å². The molecular formula is C12H22N2O5. The van der Waals surface area contributed by atoms with Crippen LogP contribution in [0.3, 0.4) is 0 Å². The number of methoxy groups -OCH3 is 2. The maximum atomic E-state index is 11.8. The molecule has 1 fully saturated rings. The minimum atomic E-state index is -1.07. The van der Waals surface area contributed by atoms with E-state index in [1.54, 1.807) is 7.11 Å². The van der Waals surface area contributed by atoms with Crippen LogP contribution in [0.25, 0.3) is 0 Å². The maximum absolute atomic E-state index is 11.8. The van der Waals surface area contributed by atoms with E-state index in [2.05, 4.69) is 10.6 Å². The molecule has 0 aromatic heterocycles. The summed E-state index contributed by atoms with van der Waals surface area (Å²) in [6, 6.07) is -1.47. The molecule has 1 saturated carbocycles. The Balaban J connectivity index is 2.41. The fourth-order valence-electron chi connectivity index (χ4n) is 2.23. The van der Waals surface area contributed by atoms with Crippen molar-refractivity contribution in [3.05, 3.63) is 0 Å². The summed E-state index contributed by atoms with van der Waals surface area (Å²) < 4.78 is 10.1. The molecule has 3 atom stereocenters. The molecule has 0 heterocycles. The van der Waals surface area contributed by atoms with Crippen LogP contribution in [0, 0.1) is 0 Å². The Labute approximate surface area is 112 Å². The van der Waals surface area contributed by atoms with E-state index in [-0.39, 0.29) is 25.2 Å². The molecule has 0 spiro atoms. The maximum Gasteiger partial charge on any atom is 0.326 e. The van der Waals surface area contributed by atoms with Gasteiger partial charge >= 0.3 is 12.0 Å². The minimum Gasteiger partial charge on any atom is -0.480 e. The molecule has 0 aromatic rings. The van der Waals surface area contributed by atoms with Crippen LogP contribution in [0.4, 0.5) is 4.79 Å². The number of amides is 2. The van der Waals surface area contributed by atoms with Crippen LogP contribution in [-0.2, 0) is 14.3 Å². The van der Waals surface area contributed by atoms with Crippen molar-refractivity contribution in [2.45, 2.75) is 43.9 Å². The van der Waals surface area contributed by atoms with Gasteiger partial charge in [-0.1, -0.05) is 0 Å². The Kier molecular flexibility index (Phi) is 6.58. The third kappa shape index (κ3) is 5.04. The minimum absolute atomic E-state index is 0.00741. The molecule has 3 N–H and O–H groups in total. The summed E-state index contributed by atoms with van der Waals surface area (Å²) in [5, 5.41) is 14.2. The second kappa shape index (κ2) is 7.96. The summed E-state index contributed by atoms with van der Waals surface area (Å²) in [6.45, 7) is 0.279. The van der Waals surface area contributed by atoms with Gasteiger partial charge < -0.3 is 25.2 Å². The average Bonchev–Trinajstić information content (AvgIpc) is 2.81. The largest absolute Gasteiger partial charge is 0.480 e. The zero-order chi connectivity index (χ0) is 14.3. The first kappa shape index (κ1) is 15.7. The monoisotopic (exact) mass is 274 g/mol. The Morgan fingerprint density at radius 2 is 2.11 bits per heavy atom. The highest BCUT2D eigenvalue weighted by molar-refractivity contribution is 5.82. The molecule has 0 saturated heterocycles. The number of carbonyl (C=O) groups is 2. The number of hydrogen-bond donors (Lipinski definition) is 3. The van der Waals surface area contributed by atoms with Crippen molar-refractivity contribution in [1.29, 1.82) is 0 Å². The molecule has 0 aliphatic heterocycles. The van der Waals surface area contributed by atoms with Gasteiger partial charge in [0.2, 0.25) is 0 Å². The number of nitrogens with one attached hydrogen (secondary N) is 2. The van der Waals surface area contributed by atoms with E-state index in [0.717, 1.165) is 19.3 Å². The van der Waals surface area contributed by atoms with Crippen molar-refractivity contribution in [3.8, 4) is 0 Å². The average molecular weight is 274 g/mol. The molecule has 0 aromatic carbocycles. The number of carboxylic acids is 1. The van der Waals surface area contributed by atoms with Crippen molar-refractivity contribution < 1.29 is 24.2 Å². The lowest BCUT2D eigenvalue weighted by Gasteiger charge is -2.21. The Morgan fingerprint density at radius 3 is 2.68 bits per heavy atom. The molecule has 1 aliphatic carbocycles. The number of aliphatic carboxylic acids is 1. The van der Waals surface area contributed by atoms with Gasteiger partial charge in [0.25, 0.3) is 0 Å². The lowest BCUT2D eigenvalue weighted by molar-refractivity contribution is -0.139. The quantitative estimate of drug-likeness (QED) is 0.622. The van der Waals surface area contributed by atoms with Crippen LogP contribution in [0.1, 0.15) is 25.7 Å². The number of carboxylic acid groups (broad SMARTS) is 1. The van der Waals surface area contributed by atoms with Gasteiger partial charge in [-0.15, -0.1) is 0 Å². The van der Waals surface area contributed by atoms with Gasteiger partial charge in [0.05, 0.1) is 12.1 Å². The number of hydrogen-bond acceptors (Lipinski definition) is 4. The van der Waals surface area contributed by atoms with E-state index in [9.17, 15) is 9.59 Å². The molecule has 110 valence electrons. The number of ether oxygens (including phenoxy) is 2. The SMILES string of the molecule is COCCC(NC(=O)NC1CCCC1OC)C(=O)O. The first-order valence-electron chi connectivity index (χ1n) is 6.40. The van der Waals surface area contributed by atoms with Crippen molar-refractivity contribution in [1.82, 2.24) is 10.6 Å². The van der Waals surface area contributed by atoms with Gasteiger partial charge in [0, 0.05) is 27.2 Å². The molecule has 1 rings (SSSR count). The van der Waals surface area contributed by atoms with Crippen molar-refractivity contribution in [2.24, 2.45) is 0 Å². The van der Waals surface area contributed by atoms with Gasteiger partial charge in [0.1, 0.15) is 6.04 Å². The zero-order valence-corrected chi connectivity index (χ0v) is 11.3. The lowest BCUT2D eigenvalue weighted by Crippen LogP contribution is -2.51. The van der Waals surface area contributed by atoms with Gasteiger partial charge in [-0.3, -0.25) is 0 Å². The molecule has 1 aliphatic rings. The summed E-state index contributed by atoms with van der Waals surface area (Å²) in [5.41, 5.74) is 0. The van der Waals surface area contributed by atoms with Crippen LogP contribution in [0.2, 0.25) is 0 Å². The highest BCUT2D eigenvalue weighted by Gasteiger charge is 2.29. The molecule has 0 radical (unpaired) electrons. The number of carbonyl (C=O) groups excluding carboxylic acids is 1. The summed E-state index contributed by atoms with van der Waals surface area (Å²) in [4.78, 5) is 22.7. The Morgan fingerprint density at radius 1 is 1.37 bits per heavy atom. The first-order valence-corrected chi connectivity index (χ1v) is 6.40. The van der Waals surface area contributed by atoms with E-state index < -0.39 is 18.0 Å². The van der Waals surface area contributed by atoms with Crippen molar-refractivity contribution >= 4 is 12.0 Å². The standard InChI is InChI=1S/C12H22N2O5/c1-18-7-6-9(11(15)16)14-12(17)13-8-4-3-5-10(8)19-2/h8-10H,3-7H2,1-2H3,(H,15,16)(H2,13,14,17). The third-order valence-corrected chi connectivity index (χ3v) is 3.29. The lowest BCUT2D eigenvalue weighted by atomic mass is 10.2. The molecule has 0 bridgehead atoms. The first-order chi connectivity index (χ1) is 9.08. The molecule has 2 amide bonds. The van der Waals surface area contributed by atoms with Crippen LogP contribution >= 0.6 is 0 Å². The smallest absolute Gasteiger partial charge is 0.326 e. The summed E-state index contributed by atoms with van der Waals surface area (Å²) in [5.74, 6) is -1.07. The molecule has 7 nitrogen and oxygen atoms in total. The summed E-state index contributed by atoms with van der Waals surface area (Å²) in [7, 11) is 3.10. The second-order valence-electron chi connectivity index (χ2n) is 4.60. The van der Waals surface area contributed by atoms with Crippen LogP contribution in [-0.4, -0.2) is 56.1 Å². The molecule has 7 heteroatoms. The predicted octanol–water partition coefficient (Wildman–Crippen LogP) is 0.343. The number of urea groups is 1. The van der Waals surface area contributed by atoms with Crippen LogP contribution in [0.5, 0.6) is 0 Å². The van der Waals surface area contributed by atoms with Crippen molar-refractivity contribution in [3.63, 3.8) is 0 Å². The van der Waals surface area contributed by atoms with E-state index >= 15 is 0 Å². The normalized spacial score (nSPS) is 23.9. The molecule has 3 unspecified atom stereocenters. The number of rotatable bonds is 7. The fourth-order valence-corrected chi connectivity index (χ4v) is 2.23. The summed E-state index contributed by atoms with van der Waals surface area (Å²) in [6.07, 6.45) is 3.00. The molecular weight excluding hydrogens is 252 g/mol. The Bertz CT molecular complexity index is 310. The van der Waals surface area contributed by atoms with Crippen molar-refractivity contribution in [2.75, 3.05) is 20.8 Å². The van der Waals surface area contributed by atoms with Crippen LogP contribution in [0.15, 0.2) is 0 Å². The highest BCUT2D eigenvalue weighted by Crippen LogP contribution is 2.21. The van der Waals surface area contributed by atoms with E-state index in [1.807, 2.05) is 0 Å². The van der Waals surface area contributed by atoms with Gasteiger partial charge in [0.15, 0.2) is 0 Å². The van der Waals surface area contributed by atoms with Gasteiger partial charge in [-0.2, -0.15) is 0 Å². The summed E-state index contributed by atoms with van der Waals surface area (Å²) >= 11 is 0. The Hall–Kier alpha value is -1.34.